The molecule has 0 aliphatic rings. The molecule has 51 heavy (non-hydrogen) atoms. The van der Waals surface area contributed by atoms with E-state index in [0.29, 0.717) is 12.8 Å². The van der Waals surface area contributed by atoms with Crippen LogP contribution in [0.1, 0.15) is 193 Å². The van der Waals surface area contributed by atoms with E-state index in [1.54, 1.807) is 0 Å². The van der Waals surface area contributed by atoms with E-state index < -0.39 is 32.5 Å². The summed E-state index contributed by atoms with van der Waals surface area (Å²) in [4.78, 5) is 34.8. The Kier molecular flexibility index (Phi) is 37.1. The Balaban J connectivity index is 4.17. The number of phosphoric acid groups is 1. The van der Waals surface area contributed by atoms with Gasteiger partial charge in [0.2, 0.25) is 0 Å². The van der Waals surface area contributed by atoms with Crippen LogP contribution in [-0.4, -0.2) is 49.3 Å². The summed E-state index contributed by atoms with van der Waals surface area (Å²) in [6.45, 7) is 5.24. The molecule has 1 unspecified atom stereocenters. The zero-order chi connectivity index (χ0) is 37.5. The van der Waals surface area contributed by atoms with Crippen molar-refractivity contribution in [3.8, 4) is 0 Å². The largest absolute Gasteiger partial charge is 0.472 e. The van der Waals surface area contributed by atoms with Gasteiger partial charge in [-0.25, -0.2) is 4.57 Å². The Hall–Kier alpha value is -1.51. The minimum atomic E-state index is -4.37. The second kappa shape index (κ2) is 38.2. The minimum absolute atomic E-state index is 0.0521. The number of hydrogen-bond donors (Lipinski definition) is 2. The number of nitrogens with two attached hydrogens (primary N) is 1. The van der Waals surface area contributed by atoms with E-state index in [4.69, 9.17) is 24.3 Å². The van der Waals surface area contributed by atoms with E-state index in [0.717, 1.165) is 51.4 Å². The Morgan fingerprint density at radius 2 is 1.06 bits per heavy atom. The maximum atomic E-state index is 12.5. The van der Waals surface area contributed by atoms with Gasteiger partial charge in [0, 0.05) is 19.4 Å². The molecule has 0 fully saturated rings. The molecular formula is C41H78NO8P. The molecule has 0 bridgehead atoms. The van der Waals surface area contributed by atoms with Crippen LogP contribution in [0.25, 0.3) is 0 Å². The van der Waals surface area contributed by atoms with Gasteiger partial charge >= 0.3 is 19.8 Å². The summed E-state index contributed by atoms with van der Waals surface area (Å²) >= 11 is 0. The maximum Gasteiger partial charge on any atom is 0.472 e. The quantitative estimate of drug-likeness (QED) is 0.0272. The highest BCUT2D eigenvalue weighted by atomic mass is 31.2. The number of unbranched alkanes of at least 4 members (excludes halogenated alkanes) is 24. The molecule has 0 amide bonds. The molecule has 0 aliphatic heterocycles. The fourth-order valence-corrected chi connectivity index (χ4v) is 6.61. The standard InChI is InChI=1S/C41H78NO8P/c1-3-5-7-9-11-13-15-17-19-21-23-25-27-29-31-33-40(43)47-37-39(38-49-51(45,46)48-36-35-42)50-41(44)34-32-30-28-26-24-22-20-18-16-14-12-10-8-6-4-2/h4,21,23,39H,2-3,5-20,22,24-38,42H2,1H3,(H,45,46)/b23-21+/t39-/m1/s1. The molecular weight excluding hydrogens is 665 g/mol. The summed E-state index contributed by atoms with van der Waals surface area (Å²) in [5, 5.41) is 0. The summed E-state index contributed by atoms with van der Waals surface area (Å²) in [5.74, 6) is -0.845. The molecule has 0 spiro atoms. The highest BCUT2D eigenvalue weighted by Crippen LogP contribution is 2.43. The Morgan fingerprint density at radius 1 is 0.627 bits per heavy atom. The molecule has 0 rings (SSSR count). The second-order valence-corrected chi connectivity index (χ2v) is 15.4. The highest BCUT2D eigenvalue weighted by molar-refractivity contribution is 7.47. The fraction of sp³-hybridized carbons (Fsp3) is 0.854. The van der Waals surface area contributed by atoms with Gasteiger partial charge in [0.25, 0.3) is 0 Å². The van der Waals surface area contributed by atoms with Crippen molar-refractivity contribution in [2.24, 2.45) is 5.73 Å². The van der Waals surface area contributed by atoms with Gasteiger partial charge in [0.1, 0.15) is 6.61 Å². The molecule has 300 valence electrons. The number of esters is 2. The molecule has 0 saturated heterocycles. The Labute approximate surface area is 312 Å². The smallest absolute Gasteiger partial charge is 0.462 e. The van der Waals surface area contributed by atoms with E-state index >= 15 is 0 Å². The highest BCUT2D eigenvalue weighted by Gasteiger charge is 2.26. The molecule has 0 aromatic carbocycles. The van der Waals surface area contributed by atoms with Crippen molar-refractivity contribution in [2.45, 2.75) is 199 Å². The first-order chi connectivity index (χ1) is 24.8. The molecule has 2 atom stereocenters. The van der Waals surface area contributed by atoms with Crippen molar-refractivity contribution >= 4 is 19.8 Å². The molecule has 0 aromatic rings. The van der Waals surface area contributed by atoms with Crippen molar-refractivity contribution in [3.63, 3.8) is 0 Å². The lowest BCUT2D eigenvalue weighted by Gasteiger charge is -2.19. The zero-order valence-corrected chi connectivity index (χ0v) is 33.6. The van der Waals surface area contributed by atoms with Gasteiger partial charge in [-0.3, -0.25) is 18.6 Å². The third kappa shape index (κ3) is 38.0. The van der Waals surface area contributed by atoms with Crippen LogP contribution in [0, 0.1) is 0 Å². The van der Waals surface area contributed by atoms with E-state index in [1.165, 1.54) is 109 Å². The van der Waals surface area contributed by atoms with Crippen LogP contribution < -0.4 is 5.73 Å². The van der Waals surface area contributed by atoms with Crippen molar-refractivity contribution in [1.29, 1.82) is 0 Å². The summed E-state index contributed by atoms with van der Waals surface area (Å²) in [5.41, 5.74) is 5.34. The Bertz CT molecular complexity index is 884. The zero-order valence-electron chi connectivity index (χ0n) is 32.7. The van der Waals surface area contributed by atoms with Gasteiger partial charge in [-0.2, -0.15) is 0 Å². The molecule has 0 heterocycles. The van der Waals surface area contributed by atoms with Gasteiger partial charge in [-0.1, -0.05) is 147 Å². The topological polar surface area (TPSA) is 134 Å². The number of carbonyl (C=O) groups is 2. The number of carbonyl (C=O) groups excluding carboxylic acids is 2. The molecule has 0 aliphatic carbocycles. The molecule has 3 N–H and O–H groups in total. The predicted molar refractivity (Wildman–Crippen MR) is 211 cm³/mol. The SMILES string of the molecule is C=CCCCCCCCCCCCCCCCC(=O)O[C@H](COC(=O)CCCCC/C=C/CCCCCCCCCC)COP(=O)(O)OCCN. The monoisotopic (exact) mass is 744 g/mol. The van der Waals surface area contributed by atoms with E-state index in [2.05, 4.69) is 25.7 Å². The summed E-state index contributed by atoms with van der Waals surface area (Å²) < 4.78 is 32.7. The first-order valence-corrected chi connectivity index (χ1v) is 22.3. The summed E-state index contributed by atoms with van der Waals surface area (Å²) in [6, 6.07) is 0. The lowest BCUT2D eigenvalue weighted by molar-refractivity contribution is -0.161. The number of allylic oxidation sites excluding steroid dienone is 3. The number of ether oxygens (including phenoxy) is 2. The van der Waals surface area contributed by atoms with E-state index in [-0.39, 0.29) is 32.6 Å². The van der Waals surface area contributed by atoms with Gasteiger partial charge in [-0.15, -0.1) is 6.58 Å². The molecule has 10 heteroatoms. The Morgan fingerprint density at radius 3 is 1.55 bits per heavy atom. The van der Waals surface area contributed by atoms with Crippen LogP contribution in [0.4, 0.5) is 0 Å². The lowest BCUT2D eigenvalue weighted by Crippen LogP contribution is -2.29. The third-order valence-electron chi connectivity index (χ3n) is 8.96. The number of rotatable bonds is 40. The number of phosphoric ester groups is 1. The number of hydrogen-bond acceptors (Lipinski definition) is 8. The van der Waals surface area contributed by atoms with Crippen molar-refractivity contribution in [2.75, 3.05) is 26.4 Å². The second-order valence-electron chi connectivity index (χ2n) is 13.9. The molecule has 9 nitrogen and oxygen atoms in total. The molecule has 0 aromatic heterocycles. The average molecular weight is 744 g/mol. The van der Waals surface area contributed by atoms with E-state index in [9.17, 15) is 19.0 Å². The van der Waals surface area contributed by atoms with Crippen LogP contribution >= 0.6 is 7.82 Å². The fourth-order valence-electron chi connectivity index (χ4n) is 5.84. The third-order valence-corrected chi connectivity index (χ3v) is 9.94. The van der Waals surface area contributed by atoms with Crippen LogP contribution in [-0.2, 0) is 32.7 Å². The lowest BCUT2D eigenvalue weighted by atomic mass is 10.0. The average Bonchev–Trinajstić information content (AvgIpc) is 3.11. The maximum absolute atomic E-state index is 12.5. The van der Waals surface area contributed by atoms with E-state index in [1.807, 2.05) is 6.08 Å². The summed E-state index contributed by atoms with van der Waals surface area (Å²) in [7, 11) is -4.37. The first kappa shape index (κ1) is 49.5. The van der Waals surface area contributed by atoms with Crippen LogP contribution in [0.2, 0.25) is 0 Å². The van der Waals surface area contributed by atoms with Gasteiger partial charge in [0.15, 0.2) is 6.10 Å². The van der Waals surface area contributed by atoms with Crippen molar-refractivity contribution in [1.82, 2.24) is 0 Å². The first-order valence-electron chi connectivity index (χ1n) is 20.8. The van der Waals surface area contributed by atoms with Gasteiger partial charge < -0.3 is 20.1 Å². The molecule has 0 radical (unpaired) electrons. The van der Waals surface area contributed by atoms with Gasteiger partial charge in [0.05, 0.1) is 13.2 Å². The predicted octanol–water partition coefficient (Wildman–Crippen LogP) is 11.6. The molecule has 0 saturated carbocycles. The van der Waals surface area contributed by atoms with Crippen LogP contribution in [0.15, 0.2) is 24.8 Å². The van der Waals surface area contributed by atoms with Crippen LogP contribution in [0.3, 0.4) is 0 Å². The van der Waals surface area contributed by atoms with Crippen molar-refractivity contribution in [3.05, 3.63) is 24.8 Å². The normalized spacial score (nSPS) is 13.3. The van der Waals surface area contributed by atoms with Crippen molar-refractivity contribution < 1.29 is 37.6 Å². The van der Waals surface area contributed by atoms with Gasteiger partial charge in [-0.05, 0) is 51.4 Å². The summed E-state index contributed by atoms with van der Waals surface area (Å²) in [6.07, 6.45) is 38.1. The minimum Gasteiger partial charge on any atom is -0.462 e. The van der Waals surface area contributed by atoms with Crippen LogP contribution in [0.5, 0.6) is 0 Å².